The number of aliphatic hydroxyl groups is 2. The van der Waals surface area contributed by atoms with Gasteiger partial charge in [-0.05, 0) is 137 Å². The van der Waals surface area contributed by atoms with Gasteiger partial charge in [0, 0.05) is 75.0 Å². The molecule has 1 saturated heterocycles. The first-order valence-corrected chi connectivity index (χ1v) is 47.1. The van der Waals surface area contributed by atoms with E-state index in [9.17, 15) is 112 Å². The third kappa shape index (κ3) is 39.0. The van der Waals surface area contributed by atoms with Gasteiger partial charge >= 0.3 is 11.9 Å². The number of carbonyl (C=O) groups is 19. The molecule has 0 spiro atoms. The topological polar surface area (TPSA) is 857 Å². The number of benzene rings is 3. The highest BCUT2D eigenvalue weighted by Gasteiger charge is 2.44. The van der Waals surface area contributed by atoms with Crippen LogP contribution in [-0.2, 0) is 117 Å². The summed E-state index contributed by atoms with van der Waals surface area (Å²) in [5.41, 5.74) is 36.7. The number of aromatic amines is 2. The standard InChI is InChI=1S/C90H131N27O24S/c1-5-142-88(141)60(22-14-34-101-90(97)98)108-85(138)72(46(2)3)115-82(135)65(41-71(125)126)112-77(130)58(29-31-70(123)124)106-79(132)63(39-51-43-99-45-103-51)111-76(129)56(20-11-12-32-91)104-80(133)64(40-69(94)122)113-84(137)67-23-15-35-117(67)87(140)59(28-30-68(93)121)107-75(128)57(21-13-33-100-89(95)96)105-83(136)66(44-118)114-86(139)73(47(4)119)116-81(134)62(38-50-42-102-55-19-10-9-18-53(50)55)110-78(131)61(37-49-24-26-52(120)27-25-49)109-74(127)54(92)36-48-16-7-6-8-17-48/h6-10,16-19,24-27,42-43,45-47,54,56-67,72-73,102,118-120H,5,11-15,20-23,28-41,44,91-92H2,1-4H3,(H2,93,121)(H2,94,122)(H,99,103)(H,104,133)(H,105,136)(H,106,132)(H,107,128)(H,108,138)(H,109,127)(H,110,131)(H,111,129)(H,112,130)(H,113,137)(H,114,139)(H,115,135)(H,116,134)(H,123,124)(H,125,126)(H4,95,96,100)(H4,97,98,101)/t47-,54+,56+,57+,58+,59+,60+,61+,62+,63+,64+,65+,66+,67+,72+,73+/m1/s1. The van der Waals surface area contributed by atoms with Gasteiger partial charge in [0.1, 0.15) is 84.3 Å². The van der Waals surface area contributed by atoms with E-state index in [0.29, 0.717) is 33.3 Å². The van der Waals surface area contributed by atoms with Crippen LogP contribution in [0.3, 0.4) is 0 Å². The maximum Gasteiger partial charge on any atom is 0.305 e. The van der Waals surface area contributed by atoms with Gasteiger partial charge in [0.2, 0.25) is 99.6 Å². The van der Waals surface area contributed by atoms with Crippen LogP contribution in [0.5, 0.6) is 5.75 Å². The van der Waals surface area contributed by atoms with Crippen LogP contribution in [0.2, 0.25) is 0 Å². The smallest absolute Gasteiger partial charge is 0.305 e. The van der Waals surface area contributed by atoms with Crippen molar-refractivity contribution < 1.29 is 117 Å². The first-order valence-electron chi connectivity index (χ1n) is 46.1. The summed E-state index contributed by atoms with van der Waals surface area (Å²) in [5, 5.41) is 104. The van der Waals surface area contributed by atoms with E-state index in [1.807, 2.05) is 0 Å². The summed E-state index contributed by atoms with van der Waals surface area (Å²) in [6, 6.07) is -3.98. The molecule has 142 heavy (non-hydrogen) atoms. The van der Waals surface area contributed by atoms with Crippen LogP contribution in [0.25, 0.3) is 10.9 Å². The summed E-state index contributed by atoms with van der Waals surface area (Å²) in [5.74, 6) is -22.5. The van der Waals surface area contributed by atoms with Crippen molar-refractivity contribution in [1.29, 1.82) is 10.8 Å². The van der Waals surface area contributed by atoms with Gasteiger partial charge < -0.3 is 155 Å². The van der Waals surface area contributed by atoms with E-state index in [1.54, 1.807) is 67.7 Å². The lowest BCUT2D eigenvalue weighted by Gasteiger charge is -2.31. The molecular weight excluding hydrogens is 1880 g/mol. The molecule has 51 nitrogen and oxygen atoms in total. The number of amides is 16. The maximum absolute atomic E-state index is 15.0. The fourth-order valence-corrected chi connectivity index (χ4v) is 15.8. The van der Waals surface area contributed by atoms with Crippen molar-refractivity contribution in [2.75, 3.05) is 38.5 Å². The zero-order valence-corrected chi connectivity index (χ0v) is 79.8. The highest BCUT2D eigenvalue weighted by Crippen LogP contribution is 2.24. The molecule has 6 rings (SSSR count). The minimum absolute atomic E-state index is 0.0429. The molecule has 36 N–H and O–H groups in total. The number of hydrogen-bond acceptors (Lipinski definition) is 28. The number of carboxylic acids is 2. The minimum atomic E-state index is -2.03. The molecule has 52 heteroatoms. The molecular formula is C90H131N27O24S. The van der Waals surface area contributed by atoms with E-state index in [-0.39, 0.29) is 121 Å². The molecule has 0 aliphatic carbocycles. The number of carbonyl (C=O) groups excluding carboxylic acids is 17. The van der Waals surface area contributed by atoms with Crippen molar-refractivity contribution >= 4 is 146 Å². The summed E-state index contributed by atoms with van der Waals surface area (Å²) >= 11 is 0.903. The maximum atomic E-state index is 15.0. The number of nitrogens with two attached hydrogens (primary N) is 6. The number of thioether (sulfide) groups is 1. The normalized spacial score (nSPS) is 15.4. The molecule has 0 unspecified atom stereocenters. The van der Waals surface area contributed by atoms with Gasteiger partial charge in [-0.25, -0.2) is 4.98 Å². The average molecular weight is 2010 g/mol. The van der Waals surface area contributed by atoms with E-state index >= 15 is 4.79 Å². The number of aromatic nitrogens is 3. The molecule has 2 aromatic heterocycles. The molecule has 3 aromatic carbocycles. The number of rotatable bonds is 62. The fourth-order valence-electron chi connectivity index (χ4n) is 15.2. The summed E-state index contributed by atoms with van der Waals surface area (Å²) in [6.07, 6.45) is -3.84. The Hall–Kier alpha value is -14.9. The van der Waals surface area contributed by atoms with E-state index in [2.05, 4.69) is 94.7 Å². The number of para-hydroxylation sites is 1. The molecule has 0 radical (unpaired) electrons. The van der Waals surface area contributed by atoms with Gasteiger partial charge in [-0.15, -0.1) is 0 Å². The second kappa shape index (κ2) is 58.8. The largest absolute Gasteiger partial charge is 0.508 e. The Morgan fingerprint density at radius 2 is 0.972 bits per heavy atom. The number of primary amides is 2. The molecule has 1 fully saturated rings. The first kappa shape index (κ1) is 116. The zero-order chi connectivity index (χ0) is 105. The molecule has 1 aliphatic heterocycles. The Kier molecular flexibility index (Phi) is 48.0. The Labute approximate surface area is 820 Å². The van der Waals surface area contributed by atoms with Gasteiger partial charge in [0.25, 0.3) is 0 Å². The number of unbranched alkanes of at least 4 members (excludes halogenated alkanes) is 1. The second-order valence-corrected chi connectivity index (χ2v) is 35.5. The quantitative estimate of drug-likeness (QED) is 0.00977. The number of aliphatic carboxylic acids is 2. The lowest BCUT2D eigenvalue weighted by Crippen LogP contribution is -2.62. The molecule has 16 atom stereocenters. The van der Waals surface area contributed by atoms with Gasteiger partial charge in [-0.1, -0.05) is 93.2 Å². The van der Waals surface area contributed by atoms with Crippen LogP contribution in [0, 0.1) is 16.7 Å². The van der Waals surface area contributed by atoms with Crippen LogP contribution < -0.4 is 114 Å². The second-order valence-electron chi connectivity index (χ2n) is 34.2. The first-order chi connectivity index (χ1) is 67.4. The number of imidazole rings is 1. The lowest BCUT2D eigenvalue weighted by molar-refractivity contribution is -0.143. The van der Waals surface area contributed by atoms with E-state index in [4.69, 9.17) is 45.2 Å². The van der Waals surface area contributed by atoms with Crippen LogP contribution >= 0.6 is 11.8 Å². The number of fused-ring (bicyclic) bond motifs is 1. The summed E-state index contributed by atoms with van der Waals surface area (Å²) in [6.45, 7) is 4.42. The van der Waals surface area contributed by atoms with Gasteiger partial charge in [-0.2, -0.15) is 0 Å². The number of phenolic OH excluding ortho intramolecular Hbond substituents is 1. The molecule has 0 bridgehead atoms. The molecule has 0 saturated carbocycles. The van der Waals surface area contributed by atoms with Crippen molar-refractivity contribution in [2.24, 2.45) is 40.3 Å². The summed E-state index contributed by atoms with van der Waals surface area (Å²) in [4.78, 5) is 277. The number of nitrogens with zero attached hydrogens (tertiary/aromatic N) is 2. The van der Waals surface area contributed by atoms with Crippen LogP contribution in [0.15, 0.2) is 97.6 Å². The van der Waals surface area contributed by atoms with Crippen molar-refractivity contribution in [2.45, 2.75) is 246 Å². The highest BCUT2D eigenvalue weighted by molar-refractivity contribution is 8.13. The number of carboxylic acid groups (broad SMARTS) is 2. The summed E-state index contributed by atoms with van der Waals surface area (Å²) in [7, 11) is 0. The number of phenols is 1. The van der Waals surface area contributed by atoms with Crippen molar-refractivity contribution in [3.05, 3.63) is 120 Å². The third-order valence-electron chi connectivity index (χ3n) is 22.6. The number of H-pyrrole nitrogens is 2. The van der Waals surface area contributed by atoms with Crippen LogP contribution in [0.4, 0.5) is 0 Å². The molecule has 1 aliphatic rings. The van der Waals surface area contributed by atoms with Crippen molar-refractivity contribution in [3.8, 4) is 5.75 Å². The molecule has 16 amide bonds. The molecule has 5 aromatic rings. The van der Waals surface area contributed by atoms with E-state index in [0.717, 1.165) is 23.6 Å². The van der Waals surface area contributed by atoms with Gasteiger partial charge in [0.05, 0.1) is 49.7 Å². The Morgan fingerprint density at radius 1 is 0.493 bits per heavy atom. The van der Waals surface area contributed by atoms with Gasteiger partial charge in [0.15, 0.2) is 11.9 Å². The predicted octanol–water partition coefficient (Wildman–Crippen LogP) is -7.07. The molecule has 776 valence electrons. The molecule has 3 heterocycles. The number of guanidine groups is 2. The fraction of sp³-hybridized carbons (Fsp3) is 0.511. The average Bonchev–Trinajstić information content (AvgIpc) is 1.66. The third-order valence-corrected chi connectivity index (χ3v) is 23.5. The van der Waals surface area contributed by atoms with Crippen LogP contribution in [0.1, 0.15) is 146 Å². The van der Waals surface area contributed by atoms with Crippen molar-refractivity contribution in [3.63, 3.8) is 0 Å². The van der Waals surface area contributed by atoms with E-state index in [1.165, 1.54) is 50.6 Å². The SMILES string of the molecule is CCSC(=O)[C@H](CCCNC(=N)N)NC(=O)[C@@H](NC(=O)[C@H](CC(=O)O)NC(=O)[C@H](CCC(=O)O)NC(=O)[C@H](Cc1c[nH]cn1)NC(=O)[C@H](CCCCN)NC(=O)[C@H](CC(N)=O)NC(=O)[C@@H]1CCCN1C(=O)[C@H](CCC(N)=O)NC(=O)[C@H](CCCNC(=N)N)NC(=O)[C@H](CO)NC(=O)[C@@H](NC(=O)[C@H](Cc1c[nH]c2ccccc12)NC(=O)[C@H](Cc1ccc(O)cc1)NC(=O)[C@@H](N)Cc1ccccc1)[C@@H](C)O)C(C)C. The lowest BCUT2D eigenvalue weighted by atomic mass is 10.0. The zero-order valence-electron chi connectivity index (χ0n) is 79.0. The minimum Gasteiger partial charge on any atom is -0.508 e. The number of hydrogen-bond donors (Lipinski definition) is 30. The Balaban J connectivity index is 1.20. The number of likely N-dealkylation sites (tertiary alicyclic amines) is 1. The van der Waals surface area contributed by atoms with Gasteiger partial charge in [-0.3, -0.25) is 102 Å². The number of aromatic hydroxyl groups is 1. The number of aliphatic hydroxyl groups excluding tert-OH is 2. The Bertz CT molecular complexity index is 5190. The van der Waals surface area contributed by atoms with Crippen molar-refractivity contribution in [1.82, 2.24) is 99.6 Å². The van der Waals surface area contributed by atoms with E-state index < -0.39 is 272 Å². The Morgan fingerprint density at radius 3 is 1.53 bits per heavy atom. The highest BCUT2D eigenvalue weighted by atomic mass is 32.2. The monoisotopic (exact) mass is 2010 g/mol. The number of nitrogens with one attached hydrogen (secondary N) is 19. The summed E-state index contributed by atoms with van der Waals surface area (Å²) < 4.78 is 0. The van der Waals surface area contributed by atoms with Crippen LogP contribution in [-0.4, -0.2) is 304 Å². The predicted molar refractivity (Wildman–Crippen MR) is 513 cm³/mol.